The summed E-state index contributed by atoms with van der Waals surface area (Å²) in [5.74, 6) is 0.538. The lowest BCUT2D eigenvalue weighted by Crippen LogP contribution is -2.10. The molecule has 0 saturated heterocycles. The van der Waals surface area contributed by atoms with Gasteiger partial charge in [0, 0.05) is 40.7 Å². The molecule has 0 aliphatic carbocycles. The molecule has 5 aromatic carbocycles. The van der Waals surface area contributed by atoms with Gasteiger partial charge in [-0.2, -0.15) is 0 Å². The number of aromatic hydroxyl groups is 2. The van der Waals surface area contributed by atoms with Crippen molar-refractivity contribution in [1.29, 1.82) is 0 Å². The Hall–Kier alpha value is -5.69. The van der Waals surface area contributed by atoms with Crippen molar-refractivity contribution in [3.63, 3.8) is 0 Å². The van der Waals surface area contributed by atoms with Gasteiger partial charge in [0.15, 0.2) is 16.9 Å². The van der Waals surface area contributed by atoms with E-state index in [1.54, 1.807) is 12.1 Å². The van der Waals surface area contributed by atoms with Crippen molar-refractivity contribution in [2.24, 2.45) is 0 Å². The van der Waals surface area contributed by atoms with Crippen LogP contribution >= 0.6 is 0 Å². The zero-order chi connectivity index (χ0) is 30.9. The van der Waals surface area contributed by atoms with Gasteiger partial charge in [0.25, 0.3) is 0 Å². The van der Waals surface area contributed by atoms with E-state index in [0.717, 1.165) is 32.8 Å². The number of hydrogen-bond acceptors (Lipinski definition) is 6. The van der Waals surface area contributed by atoms with Crippen LogP contribution in [0.5, 0.6) is 23.0 Å². The van der Waals surface area contributed by atoms with Crippen molar-refractivity contribution in [3.05, 3.63) is 130 Å². The van der Waals surface area contributed by atoms with E-state index in [2.05, 4.69) is 41.4 Å². The number of aromatic amines is 1. The molecule has 2 heterocycles. The van der Waals surface area contributed by atoms with Crippen LogP contribution in [0.1, 0.15) is 16.7 Å². The van der Waals surface area contributed by atoms with Crippen molar-refractivity contribution in [2.75, 3.05) is 13.7 Å². The fourth-order valence-corrected chi connectivity index (χ4v) is 6.09. The number of fused-ring (bicyclic) bond motifs is 4. The second-order valence-electron chi connectivity index (χ2n) is 11.0. The number of H-pyrrole nitrogens is 1. The van der Waals surface area contributed by atoms with Gasteiger partial charge in [0.05, 0.1) is 13.7 Å². The Morgan fingerprint density at radius 3 is 2.40 bits per heavy atom. The van der Waals surface area contributed by atoms with E-state index in [9.17, 15) is 15.0 Å². The molecule has 0 fully saturated rings. The van der Waals surface area contributed by atoms with Crippen LogP contribution in [0.25, 0.3) is 44.0 Å². The van der Waals surface area contributed by atoms with Crippen LogP contribution in [0.3, 0.4) is 0 Å². The van der Waals surface area contributed by atoms with Crippen molar-refractivity contribution in [3.8, 4) is 34.3 Å². The van der Waals surface area contributed by atoms with E-state index >= 15 is 0 Å². The zero-order valence-corrected chi connectivity index (χ0v) is 24.7. The van der Waals surface area contributed by atoms with Crippen LogP contribution in [0.2, 0.25) is 0 Å². The third-order valence-electron chi connectivity index (χ3n) is 8.32. The number of phenols is 2. The fraction of sp³-hybridized carbons (Fsp3) is 0.132. The van der Waals surface area contributed by atoms with Gasteiger partial charge in [-0.25, -0.2) is 0 Å². The fourth-order valence-electron chi connectivity index (χ4n) is 6.09. The molecule has 0 aliphatic heterocycles. The van der Waals surface area contributed by atoms with Crippen molar-refractivity contribution in [1.82, 2.24) is 4.98 Å². The molecule has 0 saturated carbocycles. The van der Waals surface area contributed by atoms with Crippen LogP contribution in [0, 0.1) is 0 Å². The van der Waals surface area contributed by atoms with Crippen LogP contribution in [0.15, 0.2) is 112 Å². The maximum absolute atomic E-state index is 13.6. The number of ether oxygens (including phenoxy) is 2. The van der Waals surface area contributed by atoms with E-state index in [0.29, 0.717) is 48.5 Å². The molecule has 7 heteroatoms. The Balaban J connectivity index is 1.37. The van der Waals surface area contributed by atoms with E-state index in [-0.39, 0.29) is 28.2 Å². The van der Waals surface area contributed by atoms with E-state index in [4.69, 9.17) is 13.9 Å². The Kier molecular flexibility index (Phi) is 7.35. The molecule has 7 nitrogen and oxygen atoms in total. The third-order valence-corrected chi connectivity index (χ3v) is 8.32. The molecule has 0 amide bonds. The number of aryl methyl sites for hydroxylation is 2. The second kappa shape index (κ2) is 11.8. The summed E-state index contributed by atoms with van der Waals surface area (Å²) in [7, 11) is 1.45. The van der Waals surface area contributed by atoms with Gasteiger partial charge < -0.3 is 29.1 Å². The first kappa shape index (κ1) is 28.1. The van der Waals surface area contributed by atoms with E-state index in [1.807, 2.05) is 36.5 Å². The van der Waals surface area contributed by atoms with Crippen molar-refractivity contribution in [2.45, 2.75) is 19.3 Å². The molecule has 0 aliphatic rings. The number of nitrogens with one attached hydrogen (secondary N) is 1. The highest BCUT2D eigenvalue weighted by atomic mass is 16.5. The summed E-state index contributed by atoms with van der Waals surface area (Å²) in [6.07, 6.45) is 3.63. The number of phenolic OH excluding ortho intramolecular Hbond substituents is 2. The van der Waals surface area contributed by atoms with Gasteiger partial charge in [-0.05, 0) is 71.1 Å². The Bertz CT molecular complexity index is 2210. The smallest absolute Gasteiger partial charge is 0.204 e. The van der Waals surface area contributed by atoms with Crippen molar-refractivity contribution >= 4 is 32.6 Å². The summed E-state index contributed by atoms with van der Waals surface area (Å²) in [5.41, 5.74) is 4.39. The number of methoxy groups -OCH3 is 1. The second-order valence-corrected chi connectivity index (χ2v) is 11.0. The number of benzene rings is 5. The molecule has 0 radical (unpaired) electrons. The molecule has 0 unspecified atom stereocenters. The molecule has 7 rings (SSSR count). The Morgan fingerprint density at radius 2 is 1.60 bits per heavy atom. The highest BCUT2D eigenvalue weighted by molar-refractivity contribution is 6.07. The van der Waals surface area contributed by atoms with Crippen molar-refractivity contribution < 1.29 is 24.1 Å². The summed E-state index contributed by atoms with van der Waals surface area (Å²) in [4.78, 5) is 16.9. The topological polar surface area (TPSA) is 105 Å². The molecule has 7 aromatic rings. The van der Waals surface area contributed by atoms with Gasteiger partial charge in [0.2, 0.25) is 5.75 Å². The van der Waals surface area contributed by atoms with Crippen LogP contribution in [-0.2, 0) is 19.3 Å². The highest BCUT2D eigenvalue weighted by Gasteiger charge is 2.26. The van der Waals surface area contributed by atoms with Gasteiger partial charge >= 0.3 is 0 Å². The monoisotopic (exact) mass is 597 g/mol. The lowest BCUT2D eigenvalue weighted by Gasteiger charge is -2.19. The maximum atomic E-state index is 13.6. The predicted octanol–water partition coefficient (Wildman–Crippen LogP) is 7.92. The molecule has 0 spiro atoms. The number of hydrogen-bond donors (Lipinski definition) is 3. The van der Waals surface area contributed by atoms with Gasteiger partial charge in [-0.1, -0.05) is 54.6 Å². The summed E-state index contributed by atoms with van der Waals surface area (Å²) in [6, 6.07) is 30.3. The first-order valence-electron chi connectivity index (χ1n) is 14.9. The summed E-state index contributed by atoms with van der Waals surface area (Å²) >= 11 is 0. The van der Waals surface area contributed by atoms with Crippen LogP contribution < -0.4 is 14.9 Å². The lowest BCUT2D eigenvalue weighted by molar-refractivity contribution is 0.287. The molecular formula is C38H31NO6. The van der Waals surface area contributed by atoms with Gasteiger partial charge in [-0.15, -0.1) is 0 Å². The Morgan fingerprint density at radius 1 is 0.778 bits per heavy atom. The third kappa shape index (κ3) is 5.23. The lowest BCUT2D eigenvalue weighted by atomic mass is 9.95. The molecule has 0 bridgehead atoms. The summed E-state index contributed by atoms with van der Waals surface area (Å²) in [5, 5.41) is 24.6. The first-order valence-corrected chi connectivity index (χ1v) is 14.9. The quantitative estimate of drug-likeness (QED) is 0.156. The zero-order valence-electron chi connectivity index (χ0n) is 24.7. The minimum absolute atomic E-state index is 0.0340. The van der Waals surface area contributed by atoms with Crippen LogP contribution in [-0.4, -0.2) is 28.9 Å². The van der Waals surface area contributed by atoms with E-state index in [1.165, 1.54) is 25.3 Å². The molecule has 0 atom stereocenters. The Labute approximate surface area is 258 Å². The summed E-state index contributed by atoms with van der Waals surface area (Å²) in [6.45, 7) is 0.319. The van der Waals surface area contributed by atoms with Gasteiger partial charge in [-0.3, -0.25) is 4.79 Å². The minimum Gasteiger partial charge on any atom is -0.508 e. The number of rotatable bonds is 9. The molecule has 2 aromatic heterocycles. The predicted molar refractivity (Wildman–Crippen MR) is 177 cm³/mol. The standard InChI is InChI=1S/C38H31NO6/c1-43-38-35(42)34-32(41)22-33(25-10-13-26(40)14-11-25)45-36(34)30(37(38)44-21-19-23-6-3-2-4-7-23)15-12-24-8-5-9-28-27(24)16-17-31-29(28)18-20-39-31/h2-11,13-14,16-18,20,22,39-40,42H,12,15,19,21H2,1H3. The molecular weight excluding hydrogens is 566 g/mol. The average molecular weight is 598 g/mol. The van der Waals surface area contributed by atoms with Gasteiger partial charge in [0.1, 0.15) is 22.5 Å². The van der Waals surface area contributed by atoms with E-state index < -0.39 is 5.43 Å². The molecule has 224 valence electrons. The highest BCUT2D eigenvalue weighted by Crippen LogP contribution is 2.46. The summed E-state index contributed by atoms with van der Waals surface area (Å²) < 4.78 is 18.5. The first-order chi connectivity index (χ1) is 22.0. The largest absolute Gasteiger partial charge is 0.508 e. The molecule has 45 heavy (non-hydrogen) atoms. The average Bonchev–Trinajstić information content (AvgIpc) is 3.55. The SMILES string of the molecule is COc1c(OCCc2ccccc2)c(CCc2cccc3c2ccc2[nH]ccc23)c2oc(-c3ccc(O)cc3)cc(=O)c2c1O. The normalized spacial score (nSPS) is 11.4. The number of aromatic nitrogens is 1. The molecule has 3 N–H and O–H groups in total. The minimum atomic E-state index is -0.410. The maximum Gasteiger partial charge on any atom is 0.204 e. The van der Waals surface area contributed by atoms with Crippen LogP contribution in [0.4, 0.5) is 0 Å².